The molecule has 0 unspecified atom stereocenters. The Hall–Kier alpha value is -1.90. The van der Waals surface area contributed by atoms with Gasteiger partial charge < -0.3 is 4.84 Å². The zero-order valence-corrected chi connectivity index (χ0v) is 12.4. The van der Waals surface area contributed by atoms with Gasteiger partial charge in [0.25, 0.3) is 0 Å². The van der Waals surface area contributed by atoms with E-state index in [9.17, 15) is 4.79 Å². The summed E-state index contributed by atoms with van der Waals surface area (Å²) in [5, 5.41) is 3.92. The highest BCUT2D eigenvalue weighted by Gasteiger charge is 2.25. The van der Waals surface area contributed by atoms with Crippen molar-refractivity contribution in [2.24, 2.45) is 5.16 Å². The topological polar surface area (TPSA) is 38.7 Å². The van der Waals surface area contributed by atoms with Crippen LogP contribution in [0.1, 0.15) is 49.3 Å². The third kappa shape index (κ3) is 3.16. The number of nitrogens with zero attached hydrogens (tertiary/aromatic N) is 1. The first-order valence-corrected chi connectivity index (χ1v) is 7.20. The van der Waals surface area contributed by atoms with Gasteiger partial charge in [-0.05, 0) is 49.5 Å². The van der Waals surface area contributed by atoms with Crippen LogP contribution in [0.2, 0.25) is 0 Å². The molecule has 0 fully saturated rings. The van der Waals surface area contributed by atoms with E-state index in [4.69, 9.17) is 4.84 Å². The highest BCUT2D eigenvalue weighted by Crippen LogP contribution is 2.23. The Balaban J connectivity index is 2.26. The molecule has 0 aliphatic carbocycles. The Labute approximate surface area is 120 Å². The highest BCUT2D eigenvalue weighted by atomic mass is 16.7. The summed E-state index contributed by atoms with van der Waals surface area (Å²) in [5.41, 5.74) is 4.80. The molecular formula is C17H21NO2. The van der Waals surface area contributed by atoms with Gasteiger partial charge >= 0.3 is 5.97 Å². The second kappa shape index (κ2) is 6.51. The first kappa shape index (κ1) is 14.5. The normalized spacial score (nSPS) is 16.4. The molecule has 0 saturated carbocycles. The molecule has 0 amide bonds. The van der Waals surface area contributed by atoms with Crippen molar-refractivity contribution in [3.05, 3.63) is 40.5 Å². The molecule has 1 aliphatic rings. The molecular weight excluding hydrogens is 250 g/mol. The van der Waals surface area contributed by atoms with Crippen molar-refractivity contribution in [1.29, 1.82) is 0 Å². The molecule has 0 N–H and O–H groups in total. The fourth-order valence-electron chi connectivity index (χ4n) is 2.38. The molecule has 1 aromatic carbocycles. The van der Waals surface area contributed by atoms with Gasteiger partial charge in [0.15, 0.2) is 0 Å². The number of benzene rings is 1. The summed E-state index contributed by atoms with van der Waals surface area (Å²) < 4.78 is 0. The number of oxime groups is 1. The SMILES string of the molecule is CCCCCC1=NOC(=O)/C1=C\c1c(C)cccc1C. The van der Waals surface area contributed by atoms with Gasteiger partial charge in [-0.1, -0.05) is 43.1 Å². The van der Waals surface area contributed by atoms with Gasteiger partial charge in [0.1, 0.15) is 0 Å². The number of carbonyl (C=O) groups is 1. The molecule has 20 heavy (non-hydrogen) atoms. The van der Waals surface area contributed by atoms with Crippen molar-refractivity contribution in [2.45, 2.75) is 46.5 Å². The van der Waals surface area contributed by atoms with E-state index in [0.717, 1.165) is 48.1 Å². The van der Waals surface area contributed by atoms with Crippen LogP contribution < -0.4 is 0 Å². The van der Waals surface area contributed by atoms with Crippen LogP contribution in [-0.4, -0.2) is 11.7 Å². The van der Waals surface area contributed by atoms with Crippen molar-refractivity contribution in [3.63, 3.8) is 0 Å². The number of hydrogen-bond acceptors (Lipinski definition) is 3. The van der Waals surface area contributed by atoms with Gasteiger partial charge in [0, 0.05) is 0 Å². The van der Waals surface area contributed by atoms with E-state index in [-0.39, 0.29) is 5.97 Å². The summed E-state index contributed by atoms with van der Waals surface area (Å²) >= 11 is 0. The predicted octanol–water partition coefficient (Wildman–Crippen LogP) is 4.18. The average molecular weight is 271 g/mol. The lowest BCUT2D eigenvalue weighted by atomic mass is 9.97. The number of hydrogen-bond donors (Lipinski definition) is 0. The van der Waals surface area contributed by atoms with Gasteiger partial charge in [-0.25, -0.2) is 4.79 Å². The zero-order chi connectivity index (χ0) is 14.5. The smallest absolute Gasteiger partial charge is 0.312 e. The van der Waals surface area contributed by atoms with Crippen LogP contribution in [0.4, 0.5) is 0 Å². The van der Waals surface area contributed by atoms with Crippen molar-refractivity contribution >= 4 is 17.8 Å². The molecule has 2 rings (SSSR count). The van der Waals surface area contributed by atoms with Crippen LogP contribution in [0.15, 0.2) is 28.9 Å². The average Bonchev–Trinajstić information content (AvgIpc) is 2.76. The minimum atomic E-state index is -0.334. The highest BCUT2D eigenvalue weighted by molar-refractivity contribution is 6.25. The lowest BCUT2D eigenvalue weighted by molar-refractivity contribution is -0.136. The first-order valence-electron chi connectivity index (χ1n) is 7.20. The molecule has 0 aromatic heterocycles. The lowest BCUT2D eigenvalue weighted by Crippen LogP contribution is -2.06. The third-order valence-electron chi connectivity index (χ3n) is 3.62. The Kier molecular flexibility index (Phi) is 4.72. The second-order valence-electron chi connectivity index (χ2n) is 5.24. The molecule has 0 radical (unpaired) electrons. The molecule has 3 heteroatoms. The summed E-state index contributed by atoms with van der Waals surface area (Å²) in [7, 11) is 0. The van der Waals surface area contributed by atoms with E-state index in [2.05, 4.69) is 12.1 Å². The number of unbranched alkanes of at least 4 members (excludes halogenated alkanes) is 2. The van der Waals surface area contributed by atoms with E-state index in [0.29, 0.717) is 5.57 Å². The van der Waals surface area contributed by atoms with Gasteiger partial charge in [0.05, 0.1) is 11.3 Å². The van der Waals surface area contributed by atoms with Crippen LogP contribution in [0.3, 0.4) is 0 Å². The Bertz CT molecular complexity index is 550. The van der Waals surface area contributed by atoms with Crippen LogP contribution in [0.25, 0.3) is 6.08 Å². The molecule has 1 aliphatic heterocycles. The second-order valence-corrected chi connectivity index (χ2v) is 5.24. The molecule has 106 valence electrons. The standard InChI is InChI=1S/C17H21NO2/c1-4-5-6-10-16-15(17(19)20-18-16)11-14-12(2)8-7-9-13(14)3/h7-9,11H,4-6,10H2,1-3H3/b15-11-. The quantitative estimate of drug-likeness (QED) is 0.458. The Morgan fingerprint density at radius 3 is 2.55 bits per heavy atom. The fourth-order valence-corrected chi connectivity index (χ4v) is 2.38. The molecule has 1 aromatic rings. The fraction of sp³-hybridized carbons (Fsp3) is 0.412. The number of rotatable bonds is 5. The summed E-state index contributed by atoms with van der Waals surface area (Å²) in [4.78, 5) is 16.7. The first-order chi connectivity index (χ1) is 9.63. The molecule has 3 nitrogen and oxygen atoms in total. The molecule has 0 saturated heterocycles. The van der Waals surface area contributed by atoms with Crippen LogP contribution in [-0.2, 0) is 9.63 Å². The molecule has 1 heterocycles. The molecule has 0 bridgehead atoms. The maximum Gasteiger partial charge on any atom is 0.367 e. The van der Waals surface area contributed by atoms with E-state index in [1.54, 1.807) is 0 Å². The zero-order valence-electron chi connectivity index (χ0n) is 12.4. The van der Waals surface area contributed by atoms with Crippen LogP contribution >= 0.6 is 0 Å². The summed E-state index contributed by atoms with van der Waals surface area (Å²) in [6, 6.07) is 6.12. The Morgan fingerprint density at radius 2 is 1.90 bits per heavy atom. The molecule has 0 spiro atoms. The van der Waals surface area contributed by atoms with Crippen molar-refractivity contribution < 1.29 is 9.63 Å². The number of aryl methyl sites for hydroxylation is 2. The largest absolute Gasteiger partial charge is 0.367 e. The van der Waals surface area contributed by atoms with E-state index >= 15 is 0 Å². The van der Waals surface area contributed by atoms with E-state index < -0.39 is 0 Å². The van der Waals surface area contributed by atoms with Gasteiger partial charge in [-0.3, -0.25) is 0 Å². The minimum Gasteiger partial charge on any atom is -0.312 e. The minimum absolute atomic E-state index is 0.334. The van der Waals surface area contributed by atoms with Gasteiger partial charge in [-0.2, -0.15) is 0 Å². The summed E-state index contributed by atoms with van der Waals surface area (Å²) in [6.07, 6.45) is 6.05. The van der Waals surface area contributed by atoms with Crippen molar-refractivity contribution in [2.75, 3.05) is 0 Å². The summed E-state index contributed by atoms with van der Waals surface area (Å²) in [6.45, 7) is 6.26. The van der Waals surface area contributed by atoms with E-state index in [1.807, 2.05) is 38.1 Å². The van der Waals surface area contributed by atoms with Gasteiger partial charge in [-0.15, -0.1) is 0 Å². The van der Waals surface area contributed by atoms with Crippen LogP contribution in [0.5, 0.6) is 0 Å². The van der Waals surface area contributed by atoms with Gasteiger partial charge in [0.2, 0.25) is 0 Å². The van der Waals surface area contributed by atoms with Crippen molar-refractivity contribution in [3.8, 4) is 0 Å². The van der Waals surface area contributed by atoms with Crippen molar-refractivity contribution in [1.82, 2.24) is 0 Å². The Morgan fingerprint density at radius 1 is 1.20 bits per heavy atom. The monoisotopic (exact) mass is 271 g/mol. The molecule has 0 atom stereocenters. The third-order valence-corrected chi connectivity index (χ3v) is 3.62. The lowest BCUT2D eigenvalue weighted by Gasteiger charge is -2.06. The maximum atomic E-state index is 11.8. The predicted molar refractivity (Wildman–Crippen MR) is 81.6 cm³/mol. The van der Waals surface area contributed by atoms with Crippen LogP contribution in [0, 0.1) is 13.8 Å². The van der Waals surface area contributed by atoms with E-state index in [1.165, 1.54) is 0 Å². The number of carbonyl (C=O) groups excluding carboxylic acids is 1. The summed E-state index contributed by atoms with van der Waals surface area (Å²) in [5.74, 6) is -0.334. The maximum absolute atomic E-state index is 11.8.